The van der Waals surface area contributed by atoms with E-state index in [1.54, 1.807) is 0 Å². The lowest BCUT2D eigenvalue weighted by Crippen LogP contribution is -2.25. The normalized spacial score (nSPS) is 14.8. The summed E-state index contributed by atoms with van der Waals surface area (Å²) in [6.45, 7) is 5.67. The van der Waals surface area contributed by atoms with Crippen LogP contribution in [-0.2, 0) is 6.54 Å². The predicted octanol–water partition coefficient (Wildman–Crippen LogP) is 3.04. The van der Waals surface area contributed by atoms with Crippen molar-refractivity contribution in [3.63, 3.8) is 0 Å². The molecule has 1 aliphatic rings. The molecule has 0 aromatic heterocycles. The zero-order valence-corrected chi connectivity index (χ0v) is 11.9. The van der Waals surface area contributed by atoms with E-state index in [9.17, 15) is 0 Å². The number of hydrogen-bond donors (Lipinski definition) is 1. The molecule has 0 radical (unpaired) electrons. The molecule has 1 unspecified atom stereocenters. The SMILES string of the molecule is CCSCCC(C)NCc1ccc2c(c1)OCO2. The minimum Gasteiger partial charge on any atom is -0.454 e. The molecule has 1 aromatic carbocycles. The minimum atomic E-state index is 0.344. The van der Waals surface area contributed by atoms with E-state index in [0.717, 1.165) is 18.0 Å². The van der Waals surface area contributed by atoms with Crippen LogP contribution in [0.25, 0.3) is 0 Å². The summed E-state index contributed by atoms with van der Waals surface area (Å²) < 4.78 is 10.7. The molecule has 1 atom stereocenters. The fourth-order valence-corrected chi connectivity index (χ4v) is 2.66. The monoisotopic (exact) mass is 267 g/mol. The molecule has 1 heterocycles. The van der Waals surface area contributed by atoms with Crippen LogP contribution < -0.4 is 14.8 Å². The zero-order chi connectivity index (χ0) is 12.8. The first-order chi connectivity index (χ1) is 8.79. The first-order valence-electron chi connectivity index (χ1n) is 6.49. The Labute approximate surface area is 113 Å². The Hall–Kier alpha value is -0.870. The van der Waals surface area contributed by atoms with Gasteiger partial charge in [-0.25, -0.2) is 0 Å². The molecule has 0 saturated carbocycles. The fourth-order valence-electron chi connectivity index (χ4n) is 1.85. The molecule has 18 heavy (non-hydrogen) atoms. The largest absolute Gasteiger partial charge is 0.454 e. The van der Waals surface area contributed by atoms with Crippen LogP contribution in [0.2, 0.25) is 0 Å². The lowest BCUT2D eigenvalue weighted by Gasteiger charge is -2.13. The second-order valence-corrected chi connectivity index (χ2v) is 5.85. The highest BCUT2D eigenvalue weighted by Crippen LogP contribution is 2.32. The molecule has 2 rings (SSSR count). The minimum absolute atomic E-state index is 0.344. The van der Waals surface area contributed by atoms with Gasteiger partial charge >= 0.3 is 0 Å². The average Bonchev–Trinajstić information content (AvgIpc) is 2.84. The van der Waals surface area contributed by atoms with E-state index >= 15 is 0 Å². The first-order valence-corrected chi connectivity index (χ1v) is 7.64. The van der Waals surface area contributed by atoms with Crippen molar-refractivity contribution in [2.45, 2.75) is 32.9 Å². The van der Waals surface area contributed by atoms with Crippen molar-refractivity contribution in [3.05, 3.63) is 23.8 Å². The average molecular weight is 267 g/mol. The third kappa shape index (κ3) is 3.82. The molecule has 4 heteroatoms. The highest BCUT2D eigenvalue weighted by atomic mass is 32.2. The summed E-state index contributed by atoms with van der Waals surface area (Å²) in [6, 6.07) is 6.68. The maximum Gasteiger partial charge on any atom is 0.231 e. The molecule has 0 aliphatic carbocycles. The predicted molar refractivity (Wildman–Crippen MR) is 76.5 cm³/mol. The van der Waals surface area contributed by atoms with E-state index < -0.39 is 0 Å². The van der Waals surface area contributed by atoms with Crippen LogP contribution in [0.1, 0.15) is 25.8 Å². The molecule has 3 nitrogen and oxygen atoms in total. The lowest BCUT2D eigenvalue weighted by molar-refractivity contribution is 0.174. The molecule has 100 valence electrons. The highest BCUT2D eigenvalue weighted by Gasteiger charge is 2.13. The number of rotatable bonds is 7. The topological polar surface area (TPSA) is 30.5 Å². The van der Waals surface area contributed by atoms with Gasteiger partial charge in [0.05, 0.1) is 0 Å². The maximum absolute atomic E-state index is 5.37. The van der Waals surface area contributed by atoms with Crippen molar-refractivity contribution in [2.24, 2.45) is 0 Å². The van der Waals surface area contributed by atoms with Gasteiger partial charge in [-0.1, -0.05) is 13.0 Å². The maximum atomic E-state index is 5.37. The van der Waals surface area contributed by atoms with Crippen LogP contribution in [0.5, 0.6) is 11.5 Å². The van der Waals surface area contributed by atoms with Crippen LogP contribution in [0.4, 0.5) is 0 Å². The smallest absolute Gasteiger partial charge is 0.231 e. The van der Waals surface area contributed by atoms with E-state index in [1.807, 2.05) is 17.8 Å². The second kappa shape index (κ2) is 6.90. The van der Waals surface area contributed by atoms with Gasteiger partial charge in [0.15, 0.2) is 11.5 Å². The van der Waals surface area contributed by atoms with Crippen molar-refractivity contribution in [2.75, 3.05) is 18.3 Å². The summed E-state index contributed by atoms with van der Waals surface area (Å²) in [5.41, 5.74) is 1.24. The number of thioether (sulfide) groups is 1. The van der Waals surface area contributed by atoms with E-state index in [0.29, 0.717) is 12.8 Å². The van der Waals surface area contributed by atoms with Gasteiger partial charge in [0.1, 0.15) is 0 Å². The molecule has 1 N–H and O–H groups in total. The van der Waals surface area contributed by atoms with Gasteiger partial charge in [-0.2, -0.15) is 11.8 Å². The molecular formula is C14H21NO2S. The molecule has 0 saturated heterocycles. The summed E-state index contributed by atoms with van der Waals surface area (Å²) in [6.07, 6.45) is 1.21. The first kappa shape index (κ1) is 13.6. The van der Waals surface area contributed by atoms with E-state index in [1.165, 1.54) is 23.5 Å². The van der Waals surface area contributed by atoms with E-state index in [4.69, 9.17) is 9.47 Å². The summed E-state index contributed by atoms with van der Waals surface area (Å²) in [5, 5.41) is 3.54. The summed E-state index contributed by atoms with van der Waals surface area (Å²) >= 11 is 2.00. The number of nitrogens with one attached hydrogen (secondary N) is 1. The lowest BCUT2D eigenvalue weighted by atomic mass is 10.2. The number of fused-ring (bicyclic) bond motifs is 1. The molecular weight excluding hydrogens is 246 g/mol. The second-order valence-electron chi connectivity index (χ2n) is 4.46. The molecule has 1 aliphatic heterocycles. The summed E-state index contributed by atoms with van der Waals surface area (Å²) in [7, 11) is 0. The van der Waals surface area contributed by atoms with Gasteiger partial charge in [-0.15, -0.1) is 0 Å². The Morgan fingerprint density at radius 1 is 1.33 bits per heavy atom. The third-order valence-electron chi connectivity index (χ3n) is 2.99. The third-order valence-corrected chi connectivity index (χ3v) is 3.92. The number of benzene rings is 1. The zero-order valence-electron chi connectivity index (χ0n) is 11.1. The Kier molecular flexibility index (Phi) is 5.20. The Morgan fingerprint density at radius 2 is 2.17 bits per heavy atom. The van der Waals surface area contributed by atoms with E-state index in [-0.39, 0.29) is 0 Å². The van der Waals surface area contributed by atoms with Gasteiger partial charge in [-0.05, 0) is 42.5 Å². The quantitative estimate of drug-likeness (QED) is 0.769. The van der Waals surface area contributed by atoms with Crippen molar-refractivity contribution in [1.29, 1.82) is 0 Å². The molecule has 1 aromatic rings. The Morgan fingerprint density at radius 3 is 3.00 bits per heavy atom. The molecule has 0 fully saturated rings. The van der Waals surface area contributed by atoms with Crippen molar-refractivity contribution in [1.82, 2.24) is 5.32 Å². The molecule has 0 amide bonds. The van der Waals surface area contributed by atoms with Crippen LogP contribution in [0.3, 0.4) is 0 Å². The van der Waals surface area contributed by atoms with Crippen molar-refractivity contribution in [3.8, 4) is 11.5 Å². The van der Waals surface area contributed by atoms with Crippen LogP contribution in [-0.4, -0.2) is 24.3 Å². The fraction of sp³-hybridized carbons (Fsp3) is 0.571. The summed E-state index contributed by atoms with van der Waals surface area (Å²) in [4.78, 5) is 0. The standard InChI is InChI=1S/C14H21NO2S/c1-3-18-7-6-11(2)15-9-12-4-5-13-14(8-12)17-10-16-13/h4-5,8,11,15H,3,6-7,9-10H2,1-2H3. The number of ether oxygens (including phenoxy) is 2. The highest BCUT2D eigenvalue weighted by molar-refractivity contribution is 7.99. The molecule has 0 spiro atoms. The Bertz CT molecular complexity index is 384. The van der Waals surface area contributed by atoms with Crippen LogP contribution in [0.15, 0.2) is 18.2 Å². The van der Waals surface area contributed by atoms with Crippen molar-refractivity contribution < 1.29 is 9.47 Å². The van der Waals surface area contributed by atoms with Gasteiger partial charge in [0.25, 0.3) is 0 Å². The molecule has 0 bridgehead atoms. The van der Waals surface area contributed by atoms with E-state index in [2.05, 4.69) is 31.3 Å². The Balaban J connectivity index is 1.76. The van der Waals surface area contributed by atoms with Gasteiger partial charge < -0.3 is 14.8 Å². The number of hydrogen-bond acceptors (Lipinski definition) is 4. The van der Waals surface area contributed by atoms with Gasteiger partial charge in [-0.3, -0.25) is 0 Å². The van der Waals surface area contributed by atoms with Crippen LogP contribution in [0, 0.1) is 0 Å². The van der Waals surface area contributed by atoms with Crippen LogP contribution >= 0.6 is 11.8 Å². The van der Waals surface area contributed by atoms with Gasteiger partial charge in [0, 0.05) is 12.6 Å². The summed E-state index contributed by atoms with van der Waals surface area (Å²) in [5.74, 6) is 4.15. The van der Waals surface area contributed by atoms with Crippen molar-refractivity contribution >= 4 is 11.8 Å². The van der Waals surface area contributed by atoms with Gasteiger partial charge in [0.2, 0.25) is 6.79 Å².